The topological polar surface area (TPSA) is 38.0 Å². The summed E-state index contributed by atoms with van der Waals surface area (Å²) in [6, 6.07) is 6.68. The molecule has 1 saturated heterocycles. The second-order valence-corrected chi connectivity index (χ2v) is 3.24. The van der Waals surface area contributed by atoms with Crippen molar-refractivity contribution in [1.82, 2.24) is 5.32 Å². The van der Waals surface area contributed by atoms with Gasteiger partial charge >= 0.3 is 0 Å². The van der Waals surface area contributed by atoms with Crippen LogP contribution < -0.4 is 11.1 Å². The highest BCUT2D eigenvalue weighted by Gasteiger charge is 2.36. The molecule has 0 atom stereocenters. The first-order valence-corrected chi connectivity index (χ1v) is 3.97. The van der Waals surface area contributed by atoms with E-state index >= 15 is 0 Å². The molecule has 0 saturated carbocycles. The zero-order valence-corrected chi connectivity index (χ0v) is 6.68. The monoisotopic (exact) mass is 166 g/mol. The molecular weight excluding hydrogens is 155 g/mol. The molecule has 64 valence electrons. The molecule has 0 aromatic heterocycles. The molecule has 1 heterocycles. The van der Waals surface area contributed by atoms with Crippen molar-refractivity contribution in [3.63, 3.8) is 0 Å². The highest BCUT2D eigenvalue weighted by molar-refractivity contribution is 5.29. The summed E-state index contributed by atoms with van der Waals surface area (Å²) in [6.45, 7) is 1.32. The van der Waals surface area contributed by atoms with Crippen molar-refractivity contribution in [3.8, 4) is 0 Å². The molecule has 1 fully saturated rings. The van der Waals surface area contributed by atoms with Crippen LogP contribution in [0.5, 0.6) is 0 Å². The summed E-state index contributed by atoms with van der Waals surface area (Å²) in [5.41, 5.74) is 6.06. The molecule has 0 amide bonds. The van der Waals surface area contributed by atoms with Crippen LogP contribution in [0, 0.1) is 5.82 Å². The second kappa shape index (κ2) is 2.54. The lowest BCUT2D eigenvalue weighted by Crippen LogP contribution is -2.63. The van der Waals surface area contributed by atoms with E-state index in [1.807, 2.05) is 6.07 Å². The number of halogens is 1. The summed E-state index contributed by atoms with van der Waals surface area (Å²) >= 11 is 0. The Morgan fingerprint density at radius 3 is 2.50 bits per heavy atom. The van der Waals surface area contributed by atoms with E-state index < -0.39 is 5.54 Å². The quantitative estimate of drug-likeness (QED) is 0.640. The van der Waals surface area contributed by atoms with Crippen LogP contribution in [-0.2, 0) is 5.54 Å². The van der Waals surface area contributed by atoms with Gasteiger partial charge in [-0.15, -0.1) is 0 Å². The lowest BCUT2D eigenvalue weighted by Gasteiger charge is -2.39. The molecular formula is C9H11FN2. The molecule has 1 aromatic rings. The van der Waals surface area contributed by atoms with Crippen LogP contribution in [-0.4, -0.2) is 13.1 Å². The summed E-state index contributed by atoms with van der Waals surface area (Å²) in [4.78, 5) is 0. The van der Waals surface area contributed by atoms with Crippen molar-refractivity contribution in [2.24, 2.45) is 5.73 Å². The van der Waals surface area contributed by atoms with Crippen LogP contribution in [0.4, 0.5) is 4.39 Å². The van der Waals surface area contributed by atoms with Gasteiger partial charge in [-0.3, -0.25) is 0 Å². The number of rotatable bonds is 1. The summed E-state index contributed by atoms with van der Waals surface area (Å²) in [5.74, 6) is -0.207. The molecule has 0 spiro atoms. The van der Waals surface area contributed by atoms with Crippen LogP contribution >= 0.6 is 0 Å². The summed E-state index contributed by atoms with van der Waals surface area (Å²) in [7, 11) is 0. The highest BCUT2D eigenvalue weighted by Crippen LogP contribution is 2.24. The third-order valence-corrected chi connectivity index (χ3v) is 2.29. The smallest absolute Gasteiger partial charge is 0.128 e. The molecule has 0 radical (unpaired) electrons. The molecule has 1 aliphatic rings. The molecule has 3 heteroatoms. The van der Waals surface area contributed by atoms with Crippen molar-refractivity contribution < 1.29 is 4.39 Å². The standard InChI is InChI=1S/C9H11FN2/c10-8-4-2-1-3-7(8)9(11)5-12-6-9/h1-4,12H,5-6,11H2. The summed E-state index contributed by atoms with van der Waals surface area (Å²) in [5, 5.41) is 3.04. The predicted octanol–water partition coefficient (Wildman–Crippen LogP) is 0.583. The predicted molar refractivity (Wildman–Crippen MR) is 45.1 cm³/mol. The summed E-state index contributed by atoms with van der Waals surface area (Å²) in [6.07, 6.45) is 0. The average molecular weight is 166 g/mol. The molecule has 0 aliphatic carbocycles. The van der Waals surface area contributed by atoms with Gasteiger partial charge in [0.1, 0.15) is 5.82 Å². The maximum absolute atomic E-state index is 13.2. The van der Waals surface area contributed by atoms with Crippen molar-refractivity contribution in [2.75, 3.05) is 13.1 Å². The number of benzene rings is 1. The van der Waals surface area contributed by atoms with Crippen molar-refractivity contribution >= 4 is 0 Å². The van der Waals surface area contributed by atoms with Gasteiger partial charge in [0, 0.05) is 18.7 Å². The lowest BCUT2D eigenvalue weighted by molar-refractivity contribution is 0.277. The van der Waals surface area contributed by atoms with Gasteiger partial charge in [-0.05, 0) is 6.07 Å². The molecule has 2 rings (SSSR count). The van der Waals surface area contributed by atoms with Crippen LogP contribution in [0.1, 0.15) is 5.56 Å². The van der Waals surface area contributed by atoms with Crippen molar-refractivity contribution in [2.45, 2.75) is 5.54 Å². The molecule has 0 unspecified atom stereocenters. The summed E-state index contributed by atoms with van der Waals surface area (Å²) < 4.78 is 13.2. The van der Waals surface area contributed by atoms with E-state index in [2.05, 4.69) is 5.32 Å². The normalized spacial score (nSPS) is 20.2. The fourth-order valence-corrected chi connectivity index (χ4v) is 1.45. The molecule has 0 bridgehead atoms. The Kier molecular flexibility index (Phi) is 1.63. The van der Waals surface area contributed by atoms with Gasteiger partial charge in [0.15, 0.2) is 0 Å². The Labute approximate surface area is 70.6 Å². The first kappa shape index (κ1) is 7.71. The Hall–Kier alpha value is -0.930. The number of hydrogen-bond acceptors (Lipinski definition) is 2. The van der Waals surface area contributed by atoms with E-state index in [1.165, 1.54) is 6.07 Å². The zero-order chi connectivity index (χ0) is 8.60. The van der Waals surface area contributed by atoms with Crippen LogP contribution in [0.3, 0.4) is 0 Å². The van der Waals surface area contributed by atoms with Gasteiger partial charge in [-0.1, -0.05) is 18.2 Å². The fourth-order valence-electron chi connectivity index (χ4n) is 1.45. The molecule has 12 heavy (non-hydrogen) atoms. The van der Waals surface area contributed by atoms with Gasteiger partial charge in [0.05, 0.1) is 5.54 Å². The minimum atomic E-state index is -0.481. The Balaban J connectivity index is 2.39. The second-order valence-electron chi connectivity index (χ2n) is 3.24. The zero-order valence-electron chi connectivity index (χ0n) is 6.68. The SMILES string of the molecule is NC1(c2ccccc2F)CNC1. The fraction of sp³-hybridized carbons (Fsp3) is 0.333. The first-order chi connectivity index (χ1) is 5.72. The van der Waals surface area contributed by atoms with Crippen molar-refractivity contribution in [3.05, 3.63) is 35.6 Å². The minimum absolute atomic E-state index is 0.207. The Bertz CT molecular complexity index is 294. The Morgan fingerprint density at radius 2 is 2.00 bits per heavy atom. The average Bonchev–Trinajstić information content (AvgIpc) is 2.01. The van der Waals surface area contributed by atoms with Crippen LogP contribution in [0.15, 0.2) is 24.3 Å². The van der Waals surface area contributed by atoms with E-state index in [-0.39, 0.29) is 5.82 Å². The van der Waals surface area contributed by atoms with Gasteiger partial charge in [0.25, 0.3) is 0 Å². The molecule has 3 N–H and O–H groups in total. The van der Waals surface area contributed by atoms with Gasteiger partial charge in [-0.2, -0.15) is 0 Å². The molecule has 2 nitrogen and oxygen atoms in total. The molecule has 1 aliphatic heterocycles. The third kappa shape index (κ3) is 1.02. The maximum atomic E-state index is 13.2. The largest absolute Gasteiger partial charge is 0.319 e. The molecule has 1 aromatic carbocycles. The van der Waals surface area contributed by atoms with E-state index in [9.17, 15) is 4.39 Å². The van der Waals surface area contributed by atoms with Gasteiger partial charge < -0.3 is 11.1 Å². The van der Waals surface area contributed by atoms with E-state index in [0.717, 1.165) is 0 Å². The van der Waals surface area contributed by atoms with Gasteiger partial charge in [-0.25, -0.2) is 4.39 Å². The van der Waals surface area contributed by atoms with Crippen LogP contribution in [0.2, 0.25) is 0 Å². The number of nitrogens with one attached hydrogen (secondary N) is 1. The van der Waals surface area contributed by atoms with Crippen molar-refractivity contribution in [1.29, 1.82) is 0 Å². The first-order valence-electron chi connectivity index (χ1n) is 3.97. The van der Waals surface area contributed by atoms with Crippen LogP contribution in [0.25, 0.3) is 0 Å². The van der Waals surface area contributed by atoms with Gasteiger partial charge in [0.2, 0.25) is 0 Å². The lowest BCUT2D eigenvalue weighted by atomic mass is 9.85. The third-order valence-electron chi connectivity index (χ3n) is 2.29. The van der Waals surface area contributed by atoms with E-state index in [0.29, 0.717) is 18.7 Å². The van der Waals surface area contributed by atoms with E-state index in [4.69, 9.17) is 5.73 Å². The maximum Gasteiger partial charge on any atom is 0.128 e. The Morgan fingerprint density at radius 1 is 1.33 bits per heavy atom. The minimum Gasteiger partial charge on any atom is -0.319 e. The number of hydrogen-bond donors (Lipinski definition) is 2. The van der Waals surface area contributed by atoms with E-state index in [1.54, 1.807) is 12.1 Å². The highest BCUT2D eigenvalue weighted by atomic mass is 19.1. The number of nitrogens with two attached hydrogens (primary N) is 1.